The molecule has 0 heterocycles. The second-order valence-electron chi connectivity index (χ2n) is 10.4. The molecular formula is C34H36ClN3O4S. The summed E-state index contributed by atoms with van der Waals surface area (Å²) in [6.45, 7) is 5.52. The van der Waals surface area contributed by atoms with E-state index in [1.165, 1.54) is 17.0 Å². The van der Waals surface area contributed by atoms with E-state index in [0.29, 0.717) is 22.8 Å². The number of benzene rings is 4. The molecule has 0 aliphatic heterocycles. The molecule has 4 rings (SSSR count). The largest absolute Gasteiger partial charge is 0.355 e. The molecule has 43 heavy (non-hydrogen) atoms. The highest BCUT2D eigenvalue weighted by molar-refractivity contribution is 7.92. The van der Waals surface area contributed by atoms with Crippen LogP contribution in [0.25, 0.3) is 0 Å². The SMILES string of the molecule is CCNC(=O)[C@@H](Cc1ccccc1)N(Cc1ccc(Cl)cc1)C(=O)CN(c1ccc(C)cc1C)S(=O)(=O)c1ccccc1. The smallest absolute Gasteiger partial charge is 0.264 e. The van der Waals surface area contributed by atoms with Gasteiger partial charge in [-0.15, -0.1) is 0 Å². The van der Waals surface area contributed by atoms with Gasteiger partial charge in [-0.25, -0.2) is 8.42 Å². The molecule has 1 atom stereocenters. The first-order valence-electron chi connectivity index (χ1n) is 14.1. The number of rotatable bonds is 12. The molecule has 4 aromatic carbocycles. The predicted molar refractivity (Wildman–Crippen MR) is 172 cm³/mol. The van der Waals surface area contributed by atoms with Crippen molar-refractivity contribution in [3.05, 3.63) is 130 Å². The van der Waals surface area contributed by atoms with Crippen molar-refractivity contribution < 1.29 is 18.0 Å². The van der Waals surface area contributed by atoms with Crippen molar-refractivity contribution >= 4 is 39.1 Å². The van der Waals surface area contributed by atoms with Crippen molar-refractivity contribution in [2.45, 2.75) is 44.7 Å². The number of carbonyl (C=O) groups is 2. The Morgan fingerprint density at radius 1 is 0.837 bits per heavy atom. The van der Waals surface area contributed by atoms with Gasteiger partial charge in [0.1, 0.15) is 12.6 Å². The van der Waals surface area contributed by atoms with Crippen LogP contribution in [0.15, 0.2) is 108 Å². The van der Waals surface area contributed by atoms with Crippen LogP contribution in [0.5, 0.6) is 0 Å². The van der Waals surface area contributed by atoms with Crippen LogP contribution >= 0.6 is 11.6 Å². The van der Waals surface area contributed by atoms with Crippen molar-refractivity contribution in [3.63, 3.8) is 0 Å². The second-order valence-corrected chi connectivity index (χ2v) is 12.7. The number of anilines is 1. The number of likely N-dealkylation sites (N-methyl/N-ethyl adjacent to an activating group) is 1. The number of amides is 2. The van der Waals surface area contributed by atoms with Gasteiger partial charge in [0.05, 0.1) is 10.6 Å². The minimum Gasteiger partial charge on any atom is -0.355 e. The second kappa shape index (κ2) is 14.4. The molecule has 0 saturated heterocycles. The summed E-state index contributed by atoms with van der Waals surface area (Å²) in [5, 5.41) is 3.41. The molecule has 0 aliphatic rings. The Balaban J connectivity index is 1.81. The molecule has 0 bridgehead atoms. The Kier molecular flexibility index (Phi) is 10.6. The molecule has 9 heteroatoms. The summed E-state index contributed by atoms with van der Waals surface area (Å²) in [5.74, 6) is -0.834. The van der Waals surface area contributed by atoms with Crippen LogP contribution in [0, 0.1) is 13.8 Å². The third-order valence-corrected chi connectivity index (χ3v) is 9.15. The van der Waals surface area contributed by atoms with Crippen LogP contribution in [-0.2, 0) is 32.6 Å². The summed E-state index contributed by atoms with van der Waals surface area (Å²) >= 11 is 6.13. The molecule has 0 aromatic heterocycles. The summed E-state index contributed by atoms with van der Waals surface area (Å²) in [6.07, 6.45) is 0.251. The van der Waals surface area contributed by atoms with Gasteiger partial charge in [-0.2, -0.15) is 0 Å². The van der Waals surface area contributed by atoms with Gasteiger partial charge in [0.2, 0.25) is 11.8 Å². The maximum atomic E-state index is 14.4. The minimum atomic E-state index is -4.14. The summed E-state index contributed by atoms with van der Waals surface area (Å²) in [6, 6.07) is 29.0. The van der Waals surface area contributed by atoms with Crippen molar-refractivity contribution in [2.75, 3.05) is 17.4 Å². The first-order chi connectivity index (χ1) is 20.6. The molecule has 1 N–H and O–H groups in total. The lowest BCUT2D eigenvalue weighted by Gasteiger charge is -2.34. The zero-order valence-corrected chi connectivity index (χ0v) is 26.1. The molecule has 7 nitrogen and oxygen atoms in total. The number of carbonyl (C=O) groups excluding carboxylic acids is 2. The Morgan fingerprint density at radius 2 is 1.47 bits per heavy atom. The normalized spacial score (nSPS) is 11.9. The van der Waals surface area contributed by atoms with Gasteiger partial charge in [-0.1, -0.05) is 90.0 Å². The summed E-state index contributed by atoms with van der Waals surface area (Å²) in [7, 11) is -4.14. The van der Waals surface area contributed by atoms with Gasteiger partial charge in [0.15, 0.2) is 0 Å². The van der Waals surface area contributed by atoms with Crippen molar-refractivity contribution in [1.29, 1.82) is 0 Å². The van der Waals surface area contributed by atoms with E-state index in [1.54, 1.807) is 48.5 Å². The molecule has 0 saturated carbocycles. The predicted octanol–water partition coefficient (Wildman–Crippen LogP) is 5.93. The molecule has 0 spiro atoms. The number of nitrogens with one attached hydrogen (secondary N) is 1. The first kappa shape index (κ1) is 31.8. The van der Waals surface area contributed by atoms with E-state index in [2.05, 4.69) is 5.32 Å². The molecule has 4 aromatic rings. The Hall–Kier alpha value is -4.14. The average molecular weight is 618 g/mol. The number of sulfonamides is 1. The number of hydrogen-bond acceptors (Lipinski definition) is 4. The molecule has 224 valence electrons. The van der Waals surface area contributed by atoms with Crippen LogP contribution in [0.2, 0.25) is 5.02 Å². The molecule has 0 aliphatic carbocycles. The summed E-state index contributed by atoms with van der Waals surface area (Å²) in [4.78, 5) is 29.5. The number of aryl methyl sites for hydroxylation is 2. The highest BCUT2D eigenvalue weighted by Crippen LogP contribution is 2.28. The fourth-order valence-electron chi connectivity index (χ4n) is 4.95. The Labute approximate surface area is 259 Å². The van der Waals surface area contributed by atoms with E-state index in [1.807, 2.05) is 63.2 Å². The van der Waals surface area contributed by atoms with E-state index in [-0.39, 0.29) is 23.8 Å². The van der Waals surface area contributed by atoms with Crippen LogP contribution in [0.3, 0.4) is 0 Å². The quantitative estimate of drug-likeness (QED) is 0.214. The maximum Gasteiger partial charge on any atom is 0.264 e. The van der Waals surface area contributed by atoms with Crippen LogP contribution in [0.1, 0.15) is 29.2 Å². The minimum absolute atomic E-state index is 0.0663. The van der Waals surface area contributed by atoms with Crippen molar-refractivity contribution in [1.82, 2.24) is 10.2 Å². The van der Waals surface area contributed by atoms with Gasteiger partial charge in [0.25, 0.3) is 10.0 Å². The lowest BCUT2D eigenvalue weighted by Crippen LogP contribution is -2.53. The van der Waals surface area contributed by atoms with E-state index in [0.717, 1.165) is 21.0 Å². The average Bonchev–Trinajstić information content (AvgIpc) is 3.00. The third-order valence-electron chi connectivity index (χ3n) is 7.12. The van der Waals surface area contributed by atoms with Gasteiger partial charge in [0, 0.05) is 24.5 Å². The van der Waals surface area contributed by atoms with Gasteiger partial charge in [-0.3, -0.25) is 13.9 Å². The van der Waals surface area contributed by atoms with Gasteiger partial charge < -0.3 is 10.2 Å². The zero-order chi connectivity index (χ0) is 31.0. The molecular weight excluding hydrogens is 582 g/mol. The van der Waals surface area contributed by atoms with E-state index < -0.39 is 28.5 Å². The molecule has 2 amide bonds. The lowest BCUT2D eigenvalue weighted by atomic mass is 10.0. The van der Waals surface area contributed by atoms with E-state index in [4.69, 9.17) is 11.6 Å². The lowest BCUT2D eigenvalue weighted by molar-refractivity contribution is -0.140. The fourth-order valence-corrected chi connectivity index (χ4v) is 6.58. The monoisotopic (exact) mass is 617 g/mol. The van der Waals surface area contributed by atoms with Crippen LogP contribution in [-0.4, -0.2) is 44.3 Å². The summed E-state index contributed by atoms with van der Waals surface area (Å²) in [5.41, 5.74) is 3.70. The fraction of sp³-hybridized carbons (Fsp3) is 0.235. The maximum absolute atomic E-state index is 14.4. The Bertz CT molecular complexity index is 1650. The number of nitrogens with zero attached hydrogens (tertiary/aromatic N) is 2. The summed E-state index contributed by atoms with van der Waals surface area (Å²) < 4.78 is 29.3. The molecule has 0 radical (unpaired) electrons. The molecule has 0 fully saturated rings. The molecule has 0 unspecified atom stereocenters. The van der Waals surface area contributed by atoms with Gasteiger partial charge in [-0.05, 0) is 67.8 Å². The zero-order valence-electron chi connectivity index (χ0n) is 24.5. The van der Waals surface area contributed by atoms with Crippen molar-refractivity contribution in [2.24, 2.45) is 0 Å². The first-order valence-corrected chi connectivity index (χ1v) is 15.9. The standard InChI is InChI=1S/C34H36ClN3O4S/c1-4-36-34(40)32(22-27-11-7-5-8-12-27)37(23-28-16-18-29(35)19-17-28)33(39)24-38(31-20-15-25(2)21-26(31)3)43(41,42)30-13-9-6-10-14-30/h5-21,32H,4,22-24H2,1-3H3,(H,36,40)/t32-/m1/s1. The number of hydrogen-bond donors (Lipinski definition) is 1. The Morgan fingerprint density at radius 3 is 2.07 bits per heavy atom. The van der Waals surface area contributed by atoms with Crippen molar-refractivity contribution in [3.8, 4) is 0 Å². The third kappa shape index (κ3) is 8.03. The highest BCUT2D eigenvalue weighted by atomic mass is 35.5. The topological polar surface area (TPSA) is 86.8 Å². The van der Waals surface area contributed by atoms with E-state index in [9.17, 15) is 18.0 Å². The van der Waals surface area contributed by atoms with Crippen LogP contribution in [0.4, 0.5) is 5.69 Å². The van der Waals surface area contributed by atoms with Crippen LogP contribution < -0.4 is 9.62 Å². The number of halogens is 1. The van der Waals surface area contributed by atoms with E-state index >= 15 is 0 Å². The highest BCUT2D eigenvalue weighted by Gasteiger charge is 2.34. The van der Waals surface area contributed by atoms with Gasteiger partial charge >= 0.3 is 0 Å².